The first-order chi connectivity index (χ1) is 7.61. The van der Waals surface area contributed by atoms with E-state index < -0.39 is 11.6 Å². The molecule has 1 rings (SSSR count). The fraction of sp³-hybridized carbons (Fsp3) is 0.500. The molecule has 16 heavy (non-hydrogen) atoms. The Morgan fingerprint density at radius 3 is 2.38 bits per heavy atom. The highest BCUT2D eigenvalue weighted by atomic mass is 19.1. The minimum absolute atomic E-state index is 0.247. The molecular weight excluding hydrogens is 212 g/mol. The largest absolute Gasteiger partial charge is 0.493 e. The molecule has 0 aliphatic rings. The molecule has 1 aromatic carbocycles. The lowest BCUT2D eigenvalue weighted by Gasteiger charge is -2.13. The zero-order valence-corrected chi connectivity index (χ0v) is 9.67. The molecule has 0 bridgehead atoms. The summed E-state index contributed by atoms with van der Waals surface area (Å²) < 4.78 is 30.8. The highest BCUT2D eigenvalue weighted by Crippen LogP contribution is 2.15. The molecule has 0 amide bonds. The highest BCUT2D eigenvalue weighted by molar-refractivity contribution is 5.23. The Labute approximate surface area is 94.8 Å². The molecular formula is C12H17F2NO. The van der Waals surface area contributed by atoms with E-state index in [4.69, 9.17) is 4.74 Å². The van der Waals surface area contributed by atoms with Crippen molar-refractivity contribution >= 4 is 0 Å². The highest BCUT2D eigenvalue weighted by Gasteiger charge is 2.01. The summed E-state index contributed by atoms with van der Waals surface area (Å²) in [6, 6.07) is 3.21. The third kappa shape index (κ3) is 4.57. The van der Waals surface area contributed by atoms with Crippen LogP contribution in [0, 0.1) is 11.6 Å². The molecule has 0 atom stereocenters. The van der Waals surface area contributed by atoms with Gasteiger partial charge in [-0.05, 0) is 20.0 Å². The maximum Gasteiger partial charge on any atom is 0.129 e. The molecule has 0 aliphatic heterocycles. The number of rotatable bonds is 6. The molecule has 2 nitrogen and oxygen atoms in total. The molecule has 4 heteroatoms. The average Bonchev–Trinajstić information content (AvgIpc) is 2.22. The topological polar surface area (TPSA) is 12.5 Å². The van der Waals surface area contributed by atoms with Crippen LogP contribution in [0.25, 0.3) is 0 Å². The summed E-state index contributed by atoms with van der Waals surface area (Å²) in [7, 11) is 2.02. The summed E-state index contributed by atoms with van der Waals surface area (Å²) in [6.07, 6.45) is 0.836. The number of nitrogens with zero attached hydrogens (tertiary/aromatic N) is 1. The minimum atomic E-state index is -0.610. The van der Waals surface area contributed by atoms with E-state index in [0.717, 1.165) is 25.6 Å². The number of ether oxygens (including phenoxy) is 1. The van der Waals surface area contributed by atoms with Gasteiger partial charge in [-0.1, -0.05) is 6.92 Å². The summed E-state index contributed by atoms with van der Waals surface area (Å²) >= 11 is 0. The van der Waals surface area contributed by atoms with Gasteiger partial charge in [0.15, 0.2) is 0 Å². The van der Waals surface area contributed by atoms with Crippen molar-refractivity contribution in [3.05, 3.63) is 29.8 Å². The van der Waals surface area contributed by atoms with Crippen LogP contribution in [0.15, 0.2) is 18.2 Å². The Hall–Kier alpha value is -1.16. The molecule has 0 spiro atoms. The monoisotopic (exact) mass is 229 g/mol. The van der Waals surface area contributed by atoms with Crippen molar-refractivity contribution in [3.8, 4) is 5.75 Å². The van der Waals surface area contributed by atoms with Gasteiger partial charge in [0, 0.05) is 24.7 Å². The van der Waals surface area contributed by atoms with E-state index in [1.807, 2.05) is 7.05 Å². The molecule has 0 unspecified atom stereocenters. The van der Waals surface area contributed by atoms with Crippen molar-refractivity contribution in [1.29, 1.82) is 0 Å². The molecule has 0 heterocycles. The van der Waals surface area contributed by atoms with Gasteiger partial charge < -0.3 is 9.64 Å². The lowest BCUT2D eigenvalue weighted by Crippen LogP contribution is -2.20. The van der Waals surface area contributed by atoms with Crippen molar-refractivity contribution in [3.63, 3.8) is 0 Å². The van der Waals surface area contributed by atoms with Crippen molar-refractivity contribution in [1.82, 2.24) is 4.90 Å². The molecule has 0 saturated carbocycles. The standard InChI is InChI=1S/C12H17F2NO/c1-3-15(2)5-4-6-16-12-8-10(13)7-11(14)9-12/h7-9H,3-6H2,1-2H3. The fourth-order valence-electron chi connectivity index (χ4n) is 1.29. The summed E-state index contributed by atoms with van der Waals surface area (Å²) in [5, 5.41) is 0. The maximum absolute atomic E-state index is 12.8. The minimum Gasteiger partial charge on any atom is -0.493 e. The molecule has 0 fully saturated rings. The Kier molecular flexibility index (Phi) is 5.19. The van der Waals surface area contributed by atoms with Crippen LogP contribution in [-0.2, 0) is 0 Å². The SMILES string of the molecule is CCN(C)CCCOc1cc(F)cc(F)c1. The molecule has 0 aromatic heterocycles. The van der Waals surface area contributed by atoms with Crippen molar-refractivity contribution < 1.29 is 13.5 Å². The first-order valence-corrected chi connectivity index (χ1v) is 5.39. The van der Waals surface area contributed by atoms with E-state index in [1.54, 1.807) is 0 Å². The Morgan fingerprint density at radius 2 is 1.81 bits per heavy atom. The molecule has 0 saturated heterocycles. The van der Waals surface area contributed by atoms with Crippen LogP contribution in [0.1, 0.15) is 13.3 Å². The maximum atomic E-state index is 12.8. The first kappa shape index (κ1) is 12.9. The first-order valence-electron chi connectivity index (χ1n) is 5.39. The van der Waals surface area contributed by atoms with Gasteiger partial charge in [0.25, 0.3) is 0 Å². The van der Waals surface area contributed by atoms with Crippen LogP contribution in [0.3, 0.4) is 0 Å². The molecule has 90 valence electrons. The second kappa shape index (κ2) is 6.43. The summed E-state index contributed by atoms with van der Waals surface area (Å²) in [4.78, 5) is 2.15. The Morgan fingerprint density at radius 1 is 1.19 bits per heavy atom. The van der Waals surface area contributed by atoms with Gasteiger partial charge in [0.2, 0.25) is 0 Å². The summed E-state index contributed by atoms with van der Waals surface area (Å²) in [5.41, 5.74) is 0. The predicted octanol–water partition coefficient (Wildman–Crippen LogP) is 2.69. The second-order valence-electron chi connectivity index (χ2n) is 3.70. The van der Waals surface area contributed by atoms with E-state index in [9.17, 15) is 8.78 Å². The van der Waals surface area contributed by atoms with E-state index in [1.165, 1.54) is 12.1 Å². The van der Waals surface area contributed by atoms with Crippen LogP contribution in [0.2, 0.25) is 0 Å². The van der Waals surface area contributed by atoms with Crippen molar-refractivity contribution in [2.75, 3.05) is 26.7 Å². The van der Waals surface area contributed by atoms with Crippen LogP contribution in [0.5, 0.6) is 5.75 Å². The van der Waals surface area contributed by atoms with Crippen LogP contribution in [0.4, 0.5) is 8.78 Å². The number of hydrogen-bond acceptors (Lipinski definition) is 2. The lowest BCUT2D eigenvalue weighted by molar-refractivity contribution is 0.266. The van der Waals surface area contributed by atoms with Crippen molar-refractivity contribution in [2.24, 2.45) is 0 Å². The van der Waals surface area contributed by atoms with Gasteiger partial charge in [0.05, 0.1) is 6.61 Å². The van der Waals surface area contributed by atoms with Gasteiger partial charge in [-0.25, -0.2) is 8.78 Å². The van der Waals surface area contributed by atoms with Gasteiger partial charge in [-0.2, -0.15) is 0 Å². The zero-order valence-electron chi connectivity index (χ0n) is 9.67. The van der Waals surface area contributed by atoms with Gasteiger partial charge in [0.1, 0.15) is 17.4 Å². The van der Waals surface area contributed by atoms with Crippen LogP contribution < -0.4 is 4.74 Å². The van der Waals surface area contributed by atoms with Crippen LogP contribution >= 0.6 is 0 Å². The number of benzene rings is 1. The van der Waals surface area contributed by atoms with E-state index in [0.29, 0.717) is 6.61 Å². The average molecular weight is 229 g/mol. The predicted molar refractivity (Wildman–Crippen MR) is 59.6 cm³/mol. The van der Waals surface area contributed by atoms with E-state index in [-0.39, 0.29) is 5.75 Å². The normalized spacial score (nSPS) is 10.8. The molecule has 0 N–H and O–H groups in total. The third-order valence-electron chi connectivity index (χ3n) is 2.33. The quantitative estimate of drug-likeness (QED) is 0.695. The second-order valence-corrected chi connectivity index (χ2v) is 3.70. The van der Waals surface area contributed by atoms with Gasteiger partial charge in [-0.3, -0.25) is 0 Å². The number of hydrogen-bond donors (Lipinski definition) is 0. The summed E-state index contributed by atoms with van der Waals surface area (Å²) in [5.74, 6) is -0.974. The van der Waals surface area contributed by atoms with Crippen LogP contribution in [-0.4, -0.2) is 31.6 Å². The van der Waals surface area contributed by atoms with Gasteiger partial charge >= 0.3 is 0 Å². The zero-order chi connectivity index (χ0) is 12.0. The fourth-order valence-corrected chi connectivity index (χ4v) is 1.29. The molecule has 1 aromatic rings. The Balaban J connectivity index is 2.32. The van der Waals surface area contributed by atoms with Crippen molar-refractivity contribution in [2.45, 2.75) is 13.3 Å². The Bertz CT molecular complexity index is 311. The van der Waals surface area contributed by atoms with E-state index >= 15 is 0 Å². The number of halogens is 2. The summed E-state index contributed by atoms with van der Waals surface area (Å²) in [6.45, 7) is 4.43. The lowest BCUT2D eigenvalue weighted by atomic mass is 10.3. The van der Waals surface area contributed by atoms with E-state index in [2.05, 4.69) is 11.8 Å². The van der Waals surface area contributed by atoms with Gasteiger partial charge in [-0.15, -0.1) is 0 Å². The smallest absolute Gasteiger partial charge is 0.129 e. The molecule has 0 aliphatic carbocycles. The third-order valence-corrected chi connectivity index (χ3v) is 2.33. The molecule has 0 radical (unpaired) electrons.